The van der Waals surface area contributed by atoms with Crippen molar-refractivity contribution < 1.29 is 4.74 Å². The van der Waals surface area contributed by atoms with Crippen LogP contribution in [-0.4, -0.2) is 22.4 Å². The van der Waals surface area contributed by atoms with Crippen molar-refractivity contribution in [3.8, 4) is 5.75 Å². The fourth-order valence-electron chi connectivity index (χ4n) is 2.81. The van der Waals surface area contributed by atoms with Crippen LogP contribution >= 0.6 is 0 Å². The van der Waals surface area contributed by atoms with Gasteiger partial charge < -0.3 is 10.1 Å². The van der Waals surface area contributed by atoms with E-state index in [1.54, 1.807) is 0 Å². The van der Waals surface area contributed by atoms with Crippen molar-refractivity contribution in [1.82, 2.24) is 15.1 Å². The number of benzene rings is 1. The van der Waals surface area contributed by atoms with E-state index in [1.807, 2.05) is 10.9 Å². The van der Waals surface area contributed by atoms with Gasteiger partial charge in [-0.1, -0.05) is 12.1 Å². The average molecular weight is 283 g/mol. The lowest BCUT2D eigenvalue weighted by Gasteiger charge is -2.05. The predicted octanol–water partition coefficient (Wildman–Crippen LogP) is 2.31. The van der Waals surface area contributed by atoms with Crippen LogP contribution in [0.5, 0.6) is 5.75 Å². The molecule has 110 valence electrons. The first kappa shape index (κ1) is 12.9. The van der Waals surface area contributed by atoms with Gasteiger partial charge in [0, 0.05) is 37.3 Å². The molecule has 1 fully saturated rings. The first-order chi connectivity index (χ1) is 10.4. The SMILES string of the molecule is c1cc2c(cc1CCn1cc(CNC3CC3)cn1)CCO2. The lowest BCUT2D eigenvalue weighted by atomic mass is 10.1. The highest BCUT2D eigenvalue weighted by Gasteiger charge is 2.20. The third kappa shape index (κ3) is 3.10. The Morgan fingerprint density at radius 1 is 1.29 bits per heavy atom. The maximum atomic E-state index is 5.55. The van der Waals surface area contributed by atoms with E-state index in [-0.39, 0.29) is 0 Å². The second kappa shape index (κ2) is 5.53. The molecular formula is C17H21N3O. The average Bonchev–Trinajstić information content (AvgIpc) is 3.04. The summed E-state index contributed by atoms with van der Waals surface area (Å²) in [4.78, 5) is 0. The van der Waals surface area contributed by atoms with E-state index in [1.165, 1.54) is 29.5 Å². The van der Waals surface area contributed by atoms with Gasteiger partial charge >= 0.3 is 0 Å². The molecule has 2 heterocycles. The van der Waals surface area contributed by atoms with E-state index >= 15 is 0 Å². The van der Waals surface area contributed by atoms with E-state index < -0.39 is 0 Å². The Morgan fingerprint density at radius 2 is 2.24 bits per heavy atom. The zero-order chi connectivity index (χ0) is 14.1. The number of nitrogens with one attached hydrogen (secondary N) is 1. The van der Waals surface area contributed by atoms with Crippen molar-refractivity contribution in [2.45, 2.75) is 44.8 Å². The smallest absolute Gasteiger partial charge is 0.122 e. The van der Waals surface area contributed by atoms with Crippen LogP contribution in [0.3, 0.4) is 0 Å². The second-order valence-electron chi connectivity index (χ2n) is 6.06. The number of fused-ring (bicyclic) bond motifs is 1. The summed E-state index contributed by atoms with van der Waals surface area (Å²) in [6, 6.07) is 7.30. The molecule has 4 heteroatoms. The predicted molar refractivity (Wildman–Crippen MR) is 81.4 cm³/mol. The first-order valence-electron chi connectivity index (χ1n) is 7.86. The maximum Gasteiger partial charge on any atom is 0.122 e. The highest BCUT2D eigenvalue weighted by atomic mass is 16.5. The summed E-state index contributed by atoms with van der Waals surface area (Å²) >= 11 is 0. The van der Waals surface area contributed by atoms with Gasteiger partial charge in [-0.3, -0.25) is 4.68 Å². The Bertz CT molecular complexity index is 631. The van der Waals surface area contributed by atoms with Crippen LogP contribution in [0.2, 0.25) is 0 Å². The molecule has 1 N–H and O–H groups in total. The number of rotatable bonds is 6. The number of aromatic nitrogens is 2. The summed E-state index contributed by atoms with van der Waals surface area (Å²) in [5, 5.41) is 7.98. The number of hydrogen-bond donors (Lipinski definition) is 1. The van der Waals surface area contributed by atoms with Crippen molar-refractivity contribution in [1.29, 1.82) is 0 Å². The Kier molecular flexibility index (Phi) is 3.39. The lowest BCUT2D eigenvalue weighted by Crippen LogP contribution is -2.14. The summed E-state index contributed by atoms with van der Waals surface area (Å²) in [5.41, 5.74) is 4.00. The van der Waals surface area contributed by atoms with E-state index in [9.17, 15) is 0 Å². The van der Waals surface area contributed by atoms with Gasteiger partial charge in [-0.2, -0.15) is 5.10 Å². The van der Waals surface area contributed by atoms with Gasteiger partial charge in [-0.15, -0.1) is 0 Å². The van der Waals surface area contributed by atoms with Gasteiger partial charge in [-0.05, 0) is 36.5 Å². The number of ether oxygens (including phenoxy) is 1. The molecule has 0 spiro atoms. The molecule has 0 atom stereocenters. The Morgan fingerprint density at radius 3 is 3.14 bits per heavy atom. The minimum atomic E-state index is 0.752. The van der Waals surface area contributed by atoms with Crippen LogP contribution in [0.25, 0.3) is 0 Å². The molecule has 1 aliphatic heterocycles. The molecule has 0 amide bonds. The van der Waals surface area contributed by atoms with Crippen LogP contribution in [-0.2, 0) is 25.9 Å². The second-order valence-corrected chi connectivity index (χ2v) is 6.06. The number of nitrogens with zero attached hydrogens (tertiary/aromatic N) is 2. The van der Waals surface area contributed by atoms with Gasteiger partial charge in [0.05, 0.1) is 12.8 Å². The molecule has 2 aliphatic rings. The highest BCUT2D eigenvalue weighted by Crippen LogP contribution is 2.26. The summed E-state index contributed by atoms with van der Waals surface area (Å²) < 4.78 is 7.60. The molecule has 2 aromatic rings. The van der Waals surface area contributed by atoms with Gasteiger partial charge in [0.2, 0.25) is 0 Å². The minimum Gasteiger partial charge on any atom is -0.493 e. The first-order valence-corrected chi connectivity index (χ1v) is 7.86. The minimum absolute atomic E-state index is 0.752. The monoisotopic (exact) mass is 283 g/mol. The molecule has 1 aromatic carbocycles. The third-order valence-electron chi connectivity index (χ3n) is 4.24. The summed E-state index contributed by atoms with van der Waals surface area (Å²) in [5.74, 6) is 1.06. The molecule has 0 saturated heterocycles. The molecule has 0 unspecified atom stereocenters. The van der Waals surface area contributed by atoms with E-state index in [2.05, 4.69) is 34.8 Å². The molecule has 4 nitrogen and oxygen atoms in total. The zero-order valence-electron chi connectivity index (χ0n) is 12.2. The van der Waals surface area contributed by atoms with Gasteiger partial charge in [-0.25, -0.2) is 0 Å². The summed E-state index contributed by atoms with van der Waals surface area (Å²) in [6.45, 7) is 2.71. The molecule has 1 aliphatic carbocycles. The van der Waals surface area contributed by atoms with Crippen molar-refractivity contribution in [2.75, 3.05) is 6.61 Å². The van der Waals surface area contributed by atoms with E-state index in [0.717, 1.165) is 44.3 Å². The zero-order valence-corrected chi connectivity index (χ0v) is 12.2. The number of hydrogen-bond acceptors (Lipinski definition) is 3. The summed E-state index contributed by atoms with van der Waals surface area (Å²) in [6.07, 6.45) is 8.86. The van der Waals surface area contributed by atoms with Crippen molar-refractivity contribution in [3.05, 3.63) is 47.3 Å². The van der Waals surface area contributed by atoms with Crippen molar-refractivity contribution >= 4 is 0 Å². The van der Waals surface area contributed by atoms with Crippen molar-refractivity contribution in [2.24, 2.45) is 0 Å². The van der Waals surface area contributed by atoms with Gasteiger partial charge in [0.25, 0.3) is 0 Å². The fourth-order valence-corrected chi connectivity index (χ4v) is 2.81. The topological polar surface area (TPSA) is 39.1 Å². The Hall–Kier alpha value is -1.81. The standard InChI is InChI=1S/C17H21N3O/c1-4-17-15(6-8-21-17)9-13(1)5-7-20-12-14(11-19-20)10-18-16-2-3-16/h1,4,9,11-12,16,18H,2-3,5-8,10H2. The highest BCUT2D eigenvalue weighted by molar-refractivity contribution is 5.39. The molecule has 1 aromatic heterocycles. The third-order valence-corrected chi connectivity index (χ3v) is 4.24. The van der Waals surface area contributed by atoms with Crippen LogP contribution in [0.1, 0.15) is 29.5 Å². The Labute approximate surface area is 125 Å². The Balaban J connectivity index is 1.33. The lowest BCUT2D eigenvalue weighted by molar-refractivity contribution is 0.357. The van der Waals surface area contributed by atoms with Crippen LogP contribution in [0, 0.1) is 0 Å². The molecule has 0 bridgehead atoms. The van der Waals surface area contributed by atoms with Gasteiger partial charge in [0.15, 0.2) is 0 Å². The molecule has 1 saturated carbocycles. The van der Waals surface area contributed by atoms with Crippen LogP contribution in [0.4, 0.5) is 0 Å². The van der Waals surface area contributed by atoms with E-state index in [4.69, 9.17) is 4.74 Å². The fraction of sp³-hybridized carbons (Fsp3) is 0.471. The van der Waals surface area contributed by atoms with Gasteiger partial charge in [0.1, 0.15) is 5.75 Å². The number of aryl methyl sites for hydroxylation is 2. The maximum absolute atomic E-state index is 5.55. The molecule has 21 heavy (non-hydrogen) atoms. The van der Waals surface area contributed by atoms with Crippen LogP contribution < -0.4 is 10.1 Å². The molecular weight excluding hydrogens is 262 g/mol. The van der Waals surface area contributed by atoms with Crippen molar-refractivity contribution in [3.63, 3.8) is 0 Å². The normalized spacial score (nSPS) is 16.8. The largest absolute Gasteiger partial charge is 0.493 e. The van der Waals surface area contributed by atoms with E-state index in [0.29, 0.717) is 0 Å². The quantitative estimate of drug-likeness (QED) is 0.884. The summed E-state index contributed by atoms with van der Waals surface area (Å²) in [7, 11) is 0. The molecule has 0 radical (unpaired) electrons. The molecule has 4 rings (SSSR count). The van der Waals surface area contributed by atoms with Crippen LogP contribution in [0.15, 0.2) is 30.6 Å².